The molecule has 1 aromatic carbocycles. The van der Waals surface area contributed by atoms with Crippen LogP contribution >= 0.6 is 12.4 Å². The summed E-state index contributed by atoms with van der Waals surface area (Å²) in [6, 6.07) is 8.74. The summed E-state index contributed by atoms with van der Waals surface area (Å²) in [7, 11) is 0. The Bertz CT molecular complexity index is 517. The fourth-order valence-corrected chi connectivity index (χ4v) is 3.79. The molecule has 0 bridgehead atoms. The van der Waals surface area contributed by atoms with Crippen molar-refractivity contribution >= 4 is 29.7 Å². The second-order valence-corrected chi connectivity index (χ2v) is 6.34. The minimum atomic E-state index is 0. The number of halogens is 1. The van der Waals surface area contributed by atoms with Crippen LogP contribution in [0.3, 0.4) is 0 Å². The minimum absolute atomic E-state index is 0. The standard InChI is InChI=1S/C18H27N3O.ClH/c1-2-21(15-8-4-3-5-9-15)18(22)14-20-13-12-19-16-10-6-7-11-17(16)20;/h6-7,10-11,15,19H,2-5,8-9,12-14H2,1H3;1H. The zero-order valence-electron chi connectivity index (χ0n) is 14.0. The number of hydrogen-bond donors (Lipinski definition) is 1. The third-order valence-corrected chi connectivity index (χ3v) is 4.94. The maximum atomic E-state index is 12.8. The number of rotatable bonds is 4. The van der Waals surface area contributed by atoms with E-state index in [1.807, 2.05) is 12.1 Å². The lowest BCUT2D eigenvalue weighted by atomic mass is 9.94. The average Bonchev–Trinajstić information content (AvgIpc) is 2.57. The van der Waals surface area contributed by atoms with Gasteiger partial charge in [0.05, 0.1) is 17.9 Å². The van der Waals surface area contributed by atoms with E-state index in [2.05, 4.69) is 34.2 Å². The summed E-state index contributed by atoms with van der Waals surface area (Å²) in [5.41, 5.74) is 2.30. The largest absolute Gasteiger partial charge is 0.382 e. The van der Waals surface area contributed by atoms with Gasteiger partial charge in [-0.25, -0.2) is 0 Å². The van der Waals surface area contributed by atoms with Gasteiger partial charge in [-0.2, -0.15) is 0 Å². The van der Waals surface area contributed by atoms with Crippen LogP contribution in [-0.2, 0) is 4.79 Å². The van der Waals surface area contributed by atoms with Crippen LogP contribution in [0.1, 0.15) is 39.0 Å². The van der Waals surface area contributed by atoms with E-state index in [1.54, 1.807) is 0 Å². The van der Waals surface area contributed by atoms with Gasteiger partial charge in [0.1, 0.15) is 0 Å². The van der Waals surface area contributed by atoms with Crippen molar-refractivity contribution in [2.45, 2.75) is 45.1 Å². The number of para-hydroxylation sites is 2. The lowest BCUT2D eigenvalue weighted by Gasteiger charge is -2.37. The summed E-state index contributed by atoms with van der Waals surface area (Å²) in [6.07, 6.45) is 6.22. The first-order valence-corrected chi connectivity index (χ1v) is 8.67. The monoisotopic (exact) mass is 337 g/mol. The zero-order chi connectivity index (χ0) is 15.4. The molecular weight excluding hydrogens is 310 g/mol. The maximum Gasteiger partial charge on any atom is 0.242 e. The van der Waals surface area contributed by atoms with E-state index in [-0.39, 0.29) is 18.3 Å². The highest BCUT2D eigenvalue weighted by Gasteiger charge is 2.26. The van der Waals surface area contributed by atoms with Gasteiger partial charge in [-0.05, 0) is 31.9 Å². The number of carbonyl (C=O) groups excluding carboxylic acids is 1. The third-order valence-electron chi connectivity index (χ3n) is 4.94. The van der Waals surface area contributed by atoms with E-state index in [0.717, 1.165) is 31.0 Å². The van der Waals surface area contributed by atoms with Crippen LogP contribution in [0.25, 0.3) is 0 Å². The van der Waals surface area contributed by atoms with Crippen molar-refractivity contribution in [1.82, 2.24) is 4.90 Å². The lowest BCUT2D eigenvalue weighted by molar-refractivity contribution is -0.132. The molecule has 4 nitrogen and oxygen atoms in total. The Hall–Kier alpha value is -1.42. The Morgan fingerprint density at radius 1 is 1.26 bits per heavy atom. The molecule has 0 radical (unpaired) electrons. The quantitative estimate of drug-likeness (QED) is 0.913. The van der Waals surface area contributed by atoms with E-state index >= 15 is 0 Å². The van der Waals surface area contributed by atoms with E-state index in [1.165, 1.54) is 32.1 Å². The van der Waals surface area contributed by atoms with Gasteiger partial charge in [0, 0.05) is 25.7 Å². The molecule has 1 aromatic rings. The van der Waals surface area contributed by atoms with Crippen LogP contribution in [-0.4, -0.2) is 43.0 Å². The molecule has 1 aliphatic carbocycles. The SMILES string of the molecule is CCN(C(=O)CN1CCNc2ccccc21)C1CCCCC1.Cl. The van der Waals surface area contributed by atoms with E-state index in [9.17, 15) is 4.79 Å². The van der Waals surface area contributed by atoms with Crippen molar-refractivity contribution in [2.24, 2.45) is 0 Å². The highest BCUT2D eigenvalue weighted by atomic mass is 35.5. The predicted molar refractivity (Wildman–Crippen MR) is 98.7 cm³/mol. The number of nitrogens with one attached hydrogen (secondary N) is 1. The molecule has 1 amide bonds. The number of anilines is 2. The predicted octanol–water partition coefficient (Wildman–Crippen LogP) is 3.52. The Labute approximate surface area is 145 Å². The summed E-state index contributed by atoms with van der Waals surface area (Å²) < 4.78 is 0. The summed E-state index contributed by atoms with van der Waals surface area (Å²) >= 11 is 0. The molecule has 1 aliphatic heterocycles. The normalized spacial score (nSPS) is 17.7. The van der Waals surface area contributed by atoms with E-state index in [0.29, 0.717) is 12.6 Å². The van der Waals surface area contributed by atoms with Crippen molar-refractivity contribution in [1.29, 1.82) is 0 Å². The molecule has 1 heterocycles. The molecule has 5 heteroatoms. The van der Waals surface area contributed by atoms with Gasteiger partial charge in [0.25, 0.3) is 0 Å². The van der Waals surface area contributed by atoms with Crippen LogP contribution in [0.2, 0.25) is 0 Å². The lowest BCUT2D eigenvalue weighted by Crippen LogP contribution is -2.48. The number of likely N-dealkylation sites (N-methyl/N-ethyl adjacent to an activating group) is 1. The maximum absolute atomic E-state index is 12.8. The van der Waals surface area contributed by atoms with Gasteiger partial charge in [0.2, 0.25) is 5.91 Å². The topological polar surface area (TPSA) is 35.6 Å². The Balaban J connectivity index is 0.00000192. The number of benzene rings is 1. The molecule has 3 rings (SSSR count). The van der Waals surface area contributed by atoms with Gasteiger partial charge in [-0.3, -0.25) is 4.79 Å². The third kappa shape index (κ3) is 4.11. The molecule has 0 spiro atoms. The molecule has 128 valence electrons. The molecule has 1 fully saturated rings. The van der Waals surface area contributed by atoms with Gasteiger partial charge >= 0.3 is 0 Å². The highest BCUT2D eigenvalue weighted by Crippen LogP contribution is 2.29. The highest BCUT2D eigenvalue weighted by molar-refractivity contribution is 5.85. The van der Waals surface area contributed by atoms with Gasteiger partial charge in [0.15, 0.2) is 0 Å². The molecule has 23 heavy (non-hydrogen) atoms. The van der Waals surface area contributed by atoms with Crippen molar-refractivity contribution in [3.8, 4) is 0 Å². The molecule has 0 atom stereocenters. The Morgan fingerprint density at radius 2 is 2.00 bits per heavy atom. The van der Waals surface area contributed by atoms with E-state index < -0.39 is 0 Å². The van der Waals surface area contributed by atoms with E-state index in [4.69, 9.17) is 0 Å². The van der Waals surface area contributed by atoms with Crippen LogP contribution in [0, 0.1) is 0 Å². The summed E-state index contributed by atoms with van der Waals surface area (Å²) in [6.45, 7) is 5.24. The van der Waals surface area contributed by atoms with Crippen molar-refractivity contribution < 1.29 is 4.79 Å². The molecule has 2 aliphatic rings. The van der Waals surface area contributed by atoms with Crippen LogP contribution < -0.4 is 10.2 Å². The minimum Gasteiger partial charge on any atom is -0.382 e. The van der Waals surface area contributed by atoms with Gasteiger partial charge in [-0.15, -0.1) is 12.4 Å². The molecule has 1 N–H and O–H groups in total. The first kappa shape index (κ1) is 17.9. The first-order valence-electron chi connectivity index (χ1n) is 8.67. The molecule has 1 saturated carbocycles. The summed E-state index contributed by atoms with van der Waals surface area (Å²) in [5, 5.41) is 3.41. The van der Waals surface area contributed by atoms with Crippen LogP contribution in [0.5, 0.6) is 0 Å². The van der Waals surface area contributed by atoms with Gasteiger partial charge in [-0.1, -0.05) is 31.4 Å². The fourth-order valence-electron chi connectivity index (χ4n) is 3.79. The molecule has 0 unspecified atom stereocenters. The Morgan fingerprint density at radius 3 is 2.74 bits per heavy atom. The number of fused-ring (bicyclic) bond motifs is 1. The zero-order valence-corrected chi connectivity index (χ0v) is 14.8. The van der Waals surface area contributed by atoms with Gasteiger partial charge < -0.3 is 15.1 Å². The summed E-state index contributed by atoms with van der Waals surface area (Å²) in [4.78, 5) is 17.2. The number of nitrogens with zero attached hydrogens (tertiary/aromatic N) is 2. The molecule has 0 aromatic heterocycles. The smallest absolute Gasteiger partial charge is 0.242 e. The van der Waals surface area contributed by atoms with Crippen molar-refractivity contribution in [2.75, 3.05) is 36.4 Å². The van der Waals surface area contributed by atoms with Crippen molar-refractivity contribution in [3.05, 3.63) is 24.3 Å². The molecular formula is C18H28ClN3O. The van der Waals surface area contributed by atoms with Crippen LogP contribution in [0.15, 0.2) is 24.3 Å². The number of hydrogen-bond acceptors (Lipinski definition) is 3. The van der Waals surface area contributed by atoms with Crippen molar-refractivity contribution in [3.63, 3.8) is 0 Å². The number of carbonyl (C=O) groups is 1. The fraction of sp³-hybridized carbons (Fsp3) is 0.611. The summed E-state index contributed by atoms with van der Waals surface area (Å²) in [5.74, 6) is 0.283. The second kappa shape index (κ2) is 8.44. The van der Waals surface area contributed by atoms with Crippen LogP contribution in [0.4, 0.5) is 11.4 Å². The second-order valence-electron chi connectivity index (χ2n) is 6.34. The molecule has 0 saturated heterocycles. The number of amides is 1. The Kier molecular flexibility index (Phi) is 6.58. The first-order chi connectivity index (χ1) is 10.8. The average molecular weight is 338 g/mol.